The number of rotatable bonds is 5. The van der Waals surface area contributed by atoms with Crippen molar-refractivity contribution in [2.75, 3.05) is 0 Å². The van der Waals surface area contributed by atoms with Crippen LogP contribution in [0.1, 0.15) is 54.3 Å². The Bertz CT molecular complexity index is 588. The van der Waals surface area contributed by atoms with Gasteiger partial charge in [0, 0.05) is 12.0 Å². The third kappa shape index (κ3) is 2.96. The van der Waals surface area contributed by atoms with Gasteiger partial charge in [-0.1, -0.05) is 19.1 Å². The van der Waals surface area contributed by atoms with Crippen LogP contribution in [0.2, 0.25) is 0 Å². The molecule has 1 unspecified atom stereocenters. The summed E-state index contributed by atoms with van der Waals surface area (Å²) >= 11 is 0. The van der Waals surface area contributed by atoms with Gasteiger partial charge in [0.05, 0.1) is 11.7 Å². The standard InChI is InChI=1S/C16H18O5/c1-4-6-12(17)21-16-14(18)10-7-5-8-11(20-9(2)3)13(10)15(16)19/h5,7-9,16H,4,6H2,1-3H3. The lowest BCUT2D eigenvalue weighted by molar-refractivity contribution is -0.145. The van der Waals surface area contributed by atoms with Gasteiger partial charge in [0.1, 0.15) is 5.75 Å². The first-order valence-electron chi connectivity index (χ1n) is 7.03. The lowest BCUT2D eigenvalue weighted by Gasteiger charge is -2.12. The van der Waals surface area contributed by atoms with E-state index in [-0.39, 0.29) is 23.7 Å². The number of carbonyl (C=O) groups is 3. The van der Waals surface area contributed by atoms with Crippen LogP contribution in [0.25, 0.3) is 0 Å². The van der Waals surface area contributed by atoms with Gasteiger partial charge in [0.15, 0.2) is 0 Å². The van der Waals surface area contributed by atoms with Crippen LogP contribution >= 0.6 is 0 Å². The molecule has 0 N–H and O–H groups in total. The van der Waals surface area contributed by atoms with Gasteiger partial charge in [-0.15, -0.1) is 0 Å². The Morgan fingerprint density at radius 3 is 2.57 bits per heavy atom. The second kappa shape index (κ2) is 6.08. The Balaban J connectivity index is 2.31. The minimum atomic E-state index is -1.36. The zero-order valence-corrected chi connectivity index (χ0v) is 12.3. The van der Waals surface area contributed by atoms with E-state index < -0.39 is 23.6 Å². The van der Waals surface area contributed by atoms with Gasteiger partial charge in [0.2, 0.25) is 17.7 Å². The number of benzene rings is 1. The van der Waals surface area contributed by atoms with E-state index in [4.69, 9.17) is 9.47 Å². The summed E-state index contributed by atoms with van der Waals surface area (Å²) in [6.45, 7) is 5.49. The van der Waals surface area contributed by atoms with Crippen molar-refractivity contribution in [2.45, 2.75) is 45.8 Å². The van der Waals surface area contributed by atoms with Gasteiger partial charge in [-0.25, -0.2) is 0 Å². The molecule has 5 nitrogen and oxygen atoms in total. The molecule has 0 spiro atoms. The van der Waals surface area contributed by atoms with E-state index in [1.54, 1.807) is 18.2 Å². The topological polar surface area (TPSA) is 69.7 Å². The second-order valence-electron chi connectivity index (χ2n) is 5.19. The molecule has 1 atom stereocenters. The molecule has 0 heterocycles. The summed E-state index contributed by atoms with van der Waals surface area (Å²) in [7, 11) is 0. The number of fused-ring (bicyclic) bond motifs is 1. The minimum absolute atomic E-state index is 0.124. The fourth-order valence-electron chi connectivity index (χ4n) is 2.24. The van der Waals surface area contributed by atoms with Crippen LogP contribution in [0.5, 0.6) is 5.75 Å². The van der Waals surface area contributed by atoms with Gasteiger partial charge >= 0.3 is 5.97 Å². The minimum Gasteiger partial charge on any atom is -0.490 e. The molecule has 0 fully saturated rings. The molecular weight excluding hydrogens is 272 g/mol. The fraction of sp³-hybridized carbons (Fsp3) is 0.438. The first-order chi connectivity index (χ1) is 9.95. The molecule has 0 bridgehead atoms. The van der Waals surface area contributed by atoms with Gasteiger partial charge < -0.3 is 9.47 Å². The SMILES string of the molecule is CCCC(=O)OC1C(=O)c2cccc(OC(C)C)c2C1=O. The van der Waals surface area contributed by atoms with Crippen molar-refractivity contribution in [1.82, 2.24) is 0 Å². The first kappa shape index (κ1) is 15.2. The summed E-state index contributed by atoms with van der Waals surface area (Å²) in [5, 5.41) is 0. The molecule has 2 rings (SSSR count). The van der Waals surface area contributed by atoms with E-state index in [9.17, 15) is 14.4 Å². The maximum absolute atomic E-state index is 12.4. The molecule has 1 aliphatic carbocycles. The third-order valence-electron chi connectivity index (χ3n) is 3.08. The van der Waals surface area contributed by atoms with E-state index in [2.05, 4.69) is 0 Å². The first-order valence-corrected chi connectivity index (χ1v) is 7.03. The number of carbonyl (C=O) groups excluding carboxylic acids is 3. The van der Waals surface area contributed by atoms with Gasteiger partial charge in [-0.2, -0.15) is 0 Å². The predicted molar refractivity (Wildman–Crippen MR) is 75.7 cm³/mol. The van der Waals surface area contributed by atoms with E-state index in [1.165, 1.54) is 0 Å². The van der Waals surface area contributed by atoms with Crippen LogP contribution < -0.4 is 4.74 Å². The number of Topliss-reactive ketones (excluding diaryl/α,β-unsaturated/α-hetero) is 2. The smallest absolute Gasteiger partial charge is 0.306 e. The molecule has 0 radical (unpaired) electrons. The molecule has 21 heavy (non-hydrogen) atoms. The lowest BCUT2D eigenvalue weighted by atomic mass is 10.1. The molecule has 112 valence electrons. The van der Waals surface area contributed by atoms with Crippen molar-refractivity contribution < 1.29 is 23.9 Å². The van der Waals surface area contributed by atoms with E-state index in [1.807, 2.05) is 20.8 Å². The quantitative estimate of drug-likeness (QED) is 0.615. The van der Waals surface area contributed by atoms with Crippen LogP contribution in [0.4, 0.5) is 0 Å². The van der Waals surface area contributed by atoms with Crippen molar-refractivity contribution in [3.63, 3.8) is 0 Å². The monoisotopic (exact) mass is 290 g/mol. The van der Waals surface area contributed by atoms with E-state index >= 15 is 0 Å². The molecule has 1 aliphatic rings. The Morgan fingerprint density at radius 2 is 1.95 bits per heavy atom. The molecular formula is C16H18O5. The van der Waals surface area contributed by atoms with Crippen LogP contribution in [0.3, 0.4) is 0 Å². The summed E-state index contributed by atoms with van der Waals surface area (Å²) < 4.78 is 10.6. The number of hydrogen-bond donors (Lipinski definition) is 0. The van der Waals surface area contributed by atoms with Gasteiger partial charge in [-0.05, 0) is 26.3 Å². The molecule has 1 aromatic carbocycles. The average molecular weight is 290 g/mol. The fourth-order valence-corrected chi connectivity index (χ4v) is 2.24. The highest BCUT2D eigenvalue weighted by molar-refractivity contribution is 6.30. The van der Waals surface area contributed by atoms with Crippen molar-refractivity contribution in [1.29, 1.82) is 0 Å². The maximum Gasteiger partial charge on any atom is 0.306 e. The number of ether oxygens (including phenoxy) is 2. The third-order valence-corrected chi connectivity index (χ3v) is 3.08. The van der Waals surface area contributed by atoms with Crippen molar-refractivity contribution in [2.24, 2.45) is 0 Å². The van der Waals surface area contributed by atoms with Crippen LogP contribution in [-0.4, -0.2) is 29.7 Å². The Labute approximate surface area is 123 Å². The molecule has 0 aliphatic heterocycles. The van der Waals surface area contributed by atoms with Crippen molar-refractivity contribution in [3.05, 3.63) is 29.3 Å². The lowest BCUT2D eigenvalue weighted by Crippen LogP contribution is -2.28. The predicted octanol–water partition coefficient (Wildman–Crippen LogP) is 2.56. The number of hydrogen-bond acceptors (Lipinski definition) is 5. The van der Waals surface area contributed by atoms with Crippen LogP contribution in [0.15, 0.2) is 18.2 Å². The molecule has 0 aromatic heterocycles. The molecule has 0 saturated heterocycles. The molecule has 0 amide bonds. The molecule has 1 aromatic rings. The Kier molecular flexibility index (Phi) is 4.40. The zero-order valence-electron chi connectivity index (χ0n) is 12.3. The Hall–Kier alpha value is -2.17. The highest BCUT2D eigenvalue weighted by Crippen LogP contribution is 2.32. The number of ketones is 2. The summed E-state index contributed by atoms with van der Waals surface area (Å²) in [5.74, 6) is -1.16. The van der Waals surface area contributed by atoms with E-state index in [0.717, 1.165) is 0 Å². The van der Waals surface area contributed by atoms with Gasteiger partial charge in [-0.3, -0.25) is 14.4 Å². The summed E-state index contributed by atoms with van der Waals surface area (Å²) in [5.41, 5.74) is 0.470. The Morgan fingerprint density at radius 1 is 1.24 bits per heavy atom. The largest absolute Gasteiger partial charge is 0.490 e. The summed E-state index contributed by atoms with van der Waals surface area (Å²) in [4.78, 5) is 36.1. The van der Waals surface area contributed by atoms with Crippen molar-refractivity contribution in [3.8, 4) is 5.75 Å². The van der Waals surface area contributed by atoms with Crippen molar-refractivity contribution >= 4 is 17.5 Å². The van der Waals surface area contributed by atoms with E-state index in [0.29, 0.717) is 12.2 Å². The highest BCUT2D eigenvalue weighted by Gasteiger charge is 2.43. The summed E-state index contributed by atoms with van der Waals surface area (Å²) in [6.07, 6.45) is -0.706. The van der Waals surface area contributed by atoms with Gasteiger partial charge in [0.25, 0.3) is 0 Å². The average Bonchev–Trinajstić information content (AvgIpc) is 2.65. The van der Waals surface area contributed by atoms with Crippen LogP contribution in [0, 0.1) is 0 Å². The summed E-state index contributed by atoms with van der Waals surface area (Å²) in [6, 6.07) is 4.84. The second-order valence-corrected chi connectivity index (χ2v) is 5.19. The zero-order chi connectivity index (χ0) is 15.6. The van der Waals surface area contributed by atoms with Crippen LogP contribution in [-0.2, 0) is 9.53 Å². The number of esters is 1. The molecule has 5 heteroatoms. The normalized spacial score (nSPS) is 17.0. The molecule has 0 saturated carbocycles. The maximum atomic E-state index is 12.4. The highest BCUT2D eigenvalue weighted by atomic mass is 16.6.